The highest BCUT2D eigenvalue weighted by Crippen LogP contribution is 2.27. The zero-order valence-corrected chi connectivity index (χ0v) is 20.1. The van der Waals surface area contributed by atoms with E-state index in [1.807, 2.05) is 18.2 Å². The number of aryl methyl sites for hydroxylation is 2. The molecule has 186 valence electrons. The largest absolute Gasteiger partial charge is 0.490 e. The lowest BCUT2D eigenvalue weighted by atomic mass is 9.92. The number of amides is 2. The van der Waals surface area contributed by atoms with Crippen LogP contribution in [0.2, 0.25) is 0 Å². The topological polar surface area (TPSA) is 132 Å². The summed E-state index contributed by atoms with van der Waals surface area (Å²) in [5.74, 6) is -0.395. The summed E-state index contributed by atoms with van der Waals surface area (Å²) >= 11 is 0. The first-order valence-corrected chi connectivity index (χ1v) is 11.5. The zero-order chi connectivity index (χ0) is 25.4. The van der Waals surface area contributed by atoms with Crippen LogP contribution < -0.4 is 20.2 Å². The summed E-state index contributed by atoms with van der Waals surface area (Å²) in [7, 11) is 1.34. The maximum absolute atomic E-state index is 12.6. The Morgan fingerprint density at radius 3 is 2.57 bits per heavy atom. The third-order valence-corrected chi connectivity index (χ3v) is 5.74. The van der Waals surface area contributed by atoms with Crippen molar-refractivity contribution in [1.82, 2.24) is 10.7 Å². The molecule has 0 saturated heterocycles. The minimum Gasteiger partial charge on any atom is -0.490 e. The van der Waals surface area contributed by atoms with E-state index in [0.29, 0.717) is 11.3 Å². The van der Waals surface area contributed by atoms with Crippen molar-refractivity contribution in [2.75, 3.05) is 13.7 Å². The van der Waals surface area contributed by atoms with Crippen LogP contribution in [-0.2, 0) is 22.4 Å². The lowest BCUT2D eigenvalue weighted by Crippen LogP contribution is -2.49. The highest BCUT2D eigenvalue weighted by molar-refractivity contribution is 5.89. The van der Waals surface area contributed by atoms with Gasteiger partial charge in [0.05, 0.1) is 18.2 Å². The number of nitrogens with one attached hydrogen (secondary N) is 2. The number of hydrogen-bond acceptors (Lipinski definition) is 7. The third kappa shape index (κ3) is 7.02. The molecule has 0 fully saturated rings. The second-order valence-corrected chi connectivity index (χ2v) is 8.64. The first-order chi connectivity index (χ1) is 16.8. The van der Waals surface area contributed by atoms with Gasteiger partial charge in [0.15, 0.2) is 12.4 Å². The molecule has 0 spiro atoms. The molecule has 10 heteroatoms. The normalized spacial score (nSPS) is 13.7. The van der Waals surface area contributed by atoms with Crippen LogP contribution in [0, 0.1) is 16.0 Å². The molecule has 2 N–H and O–H groups in total. The fourth-order valence-electron chi connectivity index (χ4n) is 3.87. The van der Waals surface area contributed by atoms with E-state index >= 15 is 0 Å². The Hall–Kier alpha value is -3.95. The van der Waals surface area contributed by atoms with Gasteiger partial charge in [0.2, 0.25) is 0 Å². The Labute approximate surface area is 203 Å². The molecule has 0 aromatic heterocycles. The summed E-state index contributed by atoms with van der Waals surface area (Å²) < 4.78 is 10.6. The van der Waals surface area contributed by atoms with Crippen LogP contribution in [0.15, 0.2) is 41.5 Å². The number of benzene rings is 2. The van der Waals surface area contributed by atoms with Gasteiger partial charge in [-0.1, -0.05) is 19.9 Å². The summed E-state index contributed by atoms with van der Waals surface area (Å²) in [6, 6.07) is 9.35. The number of fused-ring (bicyclic) bond motifs is 1. The van der Waals surface area contributed by atoms with Crippen LogP contribution in [0.3, 0.4) is 0 Å². The van der Waals surface area contributed by atoms with Crippen LogP contribution in [-0.4, -0.2) is 42.7 Å². The Morgan fingerprint density at radius 1 is 1.14 bits per heavy atom. The highest BCUT2D eigenvalue weighted by atomic mass is 16.6. The molecule has 3 rings (SSSR count). The van der Waals surface area contributed by atoms with Gasteiger partial charge < -0.3 is 14.8 Å². The molecule has 0 unspecified atom stereocenters. The van der Waals surface area contributed by atoms with Gasteiger partial charge in [0.25, 0.3) is 11.8 Å². The molecule has 2 amide bonds. The molecule has 35 heavy (non-hydrogen) atoms. The summed E-state index contributed by atoms with van der Waals surface area (Å²) in [4.78, 5) is 35.6. The smallest absolute Gasteiger partial charge is 0.311 e. The summed E-state index contributed by atoms with van der Waals surface area (Å²) in [6.45, 7) is 3.38. The Bertz CT molecular complexity index is 1120. The van der Waals surface area contributed by atoms with E-state index in [9.17, 15) is 19.7 Å². The quantitative estimate of drug-likeness (QED) is 0.304. The fourth-order valence-corrected chi connectivity index (χ4v) is 3.87. The fraction of sp³-hybridized carbons (Fsp3) is 0.400. The predicted octanol–water partition coefficient (Wildman–Crippen LogP) is 3.15. The monoisotopic (exact) mass is 482 g/mol. The first kappa shape index (κ1) is 25.7. The van der Waals surface area contributed by atoms with Crippen molar-refractivity contribution >= 4 is 23.7 Å². The number of nitrogens with zero attached hydrogens (tertiary/aromatic N) is 2. The second kappa shape index (κ2) is 12.0. The van der Waals surface area contributed by atoms with Crippen LogP contribution >= 0.6 is 0 Å². The van der Waals surface area contributed by atoms with E-state index in [2.05, 4.69) is 15.8 Å². The van der Waals surface area contributed by atoms with E-state index in [1.54, 1.807) is 19.9 Å². The van der Waals surface area contributed by atoms with Crippen molar-refractivity contribution in [1.29, 1.82) is 0 Å². The lowest BCUT2D eigenvalue weighted by molar-refractivity contribution is -0.385. The molecular formula is C25H30N4O6. The van der Waals surface area contributed by atoms with Gasteiger partial charge in [-0.05, 0) is 67.0 Å². The highest BCUT2D eigenvalue weighted by Gasteiger charge is 2.24. The average molecular weight is 483 g/mol. The van der Waals surface area contributed by atoms with Crippen molar-refractivity contribution < 1.29 is 24.0 Å². The predicted molar refractivity (Wildman–Crippen MR) is 131 cm³/mol. The van der Waals surface area contributed by atoms with Gasteiger partial charge in [0, 0.05) is 11.6 Å². The number of nitro benzene ring substituents is 1. The summed E-state index contributed by atoms with van der Waals surface area (Å²) in [6.07, 6.45) is 5.71. The van der Waals surface area contributed by atoms with Crippen LogP contribution in [0.1, 0.15) is 43.4 Å². The van der Waals surface area contributed by atoms with Gasteiger partial charge in [-0.2, -0.15) is 5.10 Å². The van der Waals surface area contributed by atoms with Gasteiger partial charge >= 0.3 is 5.69 Å². The molecule has 0 aliphatic heterocycles. The Balaban J connectivity index is 1.55. The standard InChI is InChI=1S/C25H30N4O6/c1-16(2)24(25(31)28-26-14-17-8-11-22(34-3)21(12-17)29(32)33)27-23(30)15-35-20-10-9-18-6-4-5-7-19(18)13-20/h8-14,16,24H,4-7,15H2,1-3H3,(H,27,30)(H,28,31)/t24-/m1/s1. The Kier molecular flexibility index (Phi) is 8.77. The molecular weight excluding hydrogens is 452 g/mol. The Morgan fingerprint density at radius 2 is 1.89 bits per heavy atom. The molecule has 1 aliphatic rings. The number of carbonyl (C=O) groups excluding carboxylic acids is 2. The number of nitro groups is 1. The molecule has 0 bridgehead atoms. The van der Waals surface area contributed by atoms with Gasteiger partial charge in [-0.25, -0.2) is 5.43 Å². The second-order valence-electron chi connectivity index (χ2n) is 8.64. The minimum atomic E-state index is -0.836. The lowest BCUT2D eigenvalue weighted by Gasteiger charge is -2.21. The maximum atomic E-state index is 12.6. The van der Waals surface area contributed by atoms with Crippen molar-refractivity contribution in [3.8, 4) is 11.5 Å². The molecule has 10 nitrogen and oxygen atoms in total. The molecule has 1 atom stereocenters. The van der Waals surface area contributed by atoms with Crippen molar-refractivity contribution in [2.24, 2.45) is 11.0 Å². The van der Waals surface area contributed by atoms with E-state index in [4.69, 9.17) is 9.47 Å². The van der Waals surface area contributed by atoms with E-state index < -0.39 is 22.8 Å². The van der Waals surface area contributed by atoms with Crippen molar-refractivity contribution in [3.63, 3.8) is 0 Å². The molecule has 2 aromatic carbocycles. The number of carbonyl (C=O) groups is 2. The molecule has 0 heterocycles. The number of methoxy groups -OCH3 is 1. The number of rotatable bonds is 10. The zero-order valence-electron chi connectivity index (χ0n) is 20.1. The third-order valence-electron chi connectivity index (χ3n) is 5.74. The maximum Gasteiger partial charge on any atom is 0.311 e. The van der Waals surface area contributed by atoms with Gasteiger partial charge in [-0.15, -0.1) is 0 Å². The van der Waals surface area contributed by atoms with E-state index in [-0.39, 0.29) is 24.0 Å². The molecule has 1 aliphatic carbocycles. The summed E-state index contributed by atoms with van der Waals surface area (Å²) in [5.41, 5.74) is 5.15. The summed E-state index contributed by atoms with van der Waals surface area (Å²) in [5, 5.41) is 17.7. The van der Waals surface area contributed by atoms with Crippen LogP contribution in [0.25, 0.3) is 0 Å². The number of hydrazone groups is 1. The van der Waals surface area contributed by atoms with Crippen molar-refractivity contribution in [3.05, 3.63) is 63.2 Å². The minimum absolute atomic E-state index is 0.122. The molecule has 0 saturated carbocycles. The van der Waals surface area contributed by atoms with Crippen LogP contribution in [0.5, 0.6) is 11.5 Å². The van der Waals surface area contributed by atoms with Gasteiger partial charge in [-0.3, -0.25) is 19.7 Å². The van der Waals surface area contributed by atoms with E-state index in [0.717, 1.165) is 19.3 Å². The molecule has 2 aromatic rings. The molecule has 0 radical (unpaired) electrons. The van der Waals surface area contributed by atoms with Crippen molar-refractivity contribution in [2.45, 2.75) is 45.6 Å². The number of hydrogen-bond donors (Lipinski definition) is 2. The van der Waals surface area contributed by atoms with Crippen LogP contribution in [0.4, 0.5) is 5.69 Å². The van der Waals surface area contributed by atoms with E-state index in [1.165, 1.54) is 43.0 Å². The first-order valence-electron chi connectivity index (χ1n) is 11.5. The average Bonchev–Trinajstić information content (AvgIpc) is 2.85. The number of ether oxygens (including phenoxy) is 2. The van der Waals surface area contributed by atoms with Gasteiger partial charge in [0.1, 0.15) is 11.8 Å². The SMILES string of the molecule is COc1ccc(C=NNC(=O)[C@H](NC(=O)COc2ccc3c(c2)CCCC3)C(C)C)cc1[N+](=O)[O-].